The first kappa shape index (κ1) is 15.4. The fourth-order valence-electron chi connectivity index (χ4n) is 5.43. The molecule has 24 heavy (non-hydrogen) atoms. The SMILES string of the molecule is C#CC[C@]12C=CC(=O)C=C1C(C)=CC1C2=CCC2(C)C(=O)CCC12. The highest BCUT2D eigenvalue weighted by atomic mass is 16.1. The summed E-state index contributed by atoms with van der Waals surface area (Å²) in [5.74, 6) is 3.86. The number of carbonyl (C=O) groups is 2. The van der Waals surface area contributed by atoms with E-state index in [0.29, 0.717) is 24.5 Å². The molecule has 3 unspecified atom stereocenters. The monoisotopic (exact) mass is 318 g/mol. The minimum absolute atomic E-state index is 0.0288. The average molecular weight is 318 g/mol. The number of carbonyl (C=O) groups excluding carboxylic acids is 2. The molecule has 0 aliphatic heterocycles. The summed E-state index contributed by atoms with van der Waals surface area (Å²) < 4.78 is 0. The molecular formula is C22H22O2. The Bertz CT molecular complexity index is 813. The van der Waals surface area contributed by atoms with Gasteiger partial charge in [0, 0.05) is 29.6 Å². The summed E-state index contributed by atoms with van der Waals surface area (Å²) >= 11 is 0. The lowest BCUT2D eigenvalue weighted by Crippen LogP contribution is -2.43. The van der Waals surface area contributed by atoms with Crippen LogP contribution in [-0.2, 0) is 9.59 Å². The van der Waals surface area contributed by atoms with Gasteiger partial charge >= 0.3 is 0 Å². The maximum absolute atomic E-state index is 12.5. The minimum atomic E-state index is -0.362. The van der Waals surface area contributed by atoms with Crippen LogP contribution >= 0.6 is 0 Å². The van der Waals surface area contributed by atoms with Crippen molar-refractivity contribution in [2.45, 2.75) is 39.5 Å². The van der Waals surface area contributed by atoms with Crippen LogP contribution in [0.15, 0.2) is 47.1 Å². The maximum atomic E-state index is 12.5. The van der Waals surface area contributed by atoms with Crippen LogP contribution in [0.3, 0.4) is 0 Å². The van der Waals surface area contributed by atoms with E-state index in [9.17, 15) is 9.59 Å². The fraction of sp³-hybridized carbons (Fsp3) is 0.455. The quantitative estimate of drug-likeness (QED) is 0.542. The molecule has 0 radical (unpaired) electrons. The van der Waals surface area contributed by atoms with Gasteiger partial charge in [0.1, 0.15) is 5.78 Å². The number of fused-ring (bicyclic) bond motifs is 5. The molecule has 0 aromatic rings. The molecule has 0 spiro atoms. The van der Waals surface area contributed by atoms with Crippen LogP contribution in [0.2, 0.25) is 0 Å². The van der Waals surface area contributed by atoms with E-state index in [2.05, 4.69) is 31.9 Å². The standard InChI is InChI=1S/C22H22O2/c1-4-9-22-11-7-15(23)13-19(22)14(2)12-16-17-5-6-20(24)21(17,3)10-8-18(16)22/h1,7-8,11-13,16-17H,5-6,9-10H2,2-3H3/t16?,17?,21?,22-/m1/s1. The van der Waals surface area contributed by atoms with Crippen LogP contribution in [0.25, 0.3) is 0 Å². The highest BCUT2D eigenvalue weighted by Gasteiger charge is 2.55. The van der Waals surface area contributed by atoms with Crippen LogP contribution in [0.4, 0.5) is 0 Å². The lowest BCUT2D eigenvalue weighted by Gasteiger charge is -2.50. The first-order valence-electron chi connectivity index (χ1n) is 8.74. The Balaban J connectivity index is 1.93. The molecule has 0 bridgehead atoms. The molecule has 0 N–H and O–H groups in total. The summed E-state index contributed by atoms with van der Waals surface area (Å²) in [6.07, 6.45) is 18.7. The summed E-state index contributed by atoms with van der Waals surface area (Å²) in [5.41, 5.74) is 2.88. The summed E-state index contributed by atoms with van der Waals surface area (Å²) in [7, 11) is 0. The van der Waals surface area contributed by atoms with Gasteiger partial charge in [0.2, 0.25) is 0 Å². The number of hydrogen-bond acceptors (Lipinski definition) is 2. The second-order valence-corrected chi connectivity index (χ2v) is 7.87. The van der Waals surface area contributed by atoms with Crippen molar-refractivity contribution in [3.05, 3.63) is 47.1 Å². The number of rotatable bonds is 1. The molecule has 4 aliphatic carbocycles. The van der Waals surface area contributed by atoms with Crippen molar-refractivity contribution in [1.82, 2.24) is 0 Å². The Morgan fingerprint density at radius 2 is 2.17 bits per heavy atom. The molecule has 4 rings (SSSR count). The molecule has 1 saturated carbocycles. The topological polar surface area (TPSA) is 34.1 Å². The number of terminal acetylenes is 1. The van der Waals surface area contributed by atoms with Gasteiger partial charge in [-0.2, -0.15) is 0 Å². The Hall–Kier alpha value is -2.14. The molecular weight excluding hydrogens is 296 g/mol. The van der Waals surface area contributed by atoms with Crippen molar-refractivity contribution < 1.29 is 9.59 Å². The van der Waals surface area contributed by atoms with Crippen LogP contribution < -0.4 is 0 Å². The smallest absolute Gasteiger partial charge is 0.178 e. The second-order valence-electron chi connectivity index (χ2n) is 7.87. The lowest BCUT2D eigenvalue weighted by atomic mass is 9.53. The van der Waals surface area contributed by atoms with Gasteiger partial charge in [-0.15, -0.1) is 12.3 Å². The Labute approximate surface area is 143 Å². The van der Waals surface area contributed by atoms with Gasteiger partial charge in [0.05, 0.1) is 0 Å². The molecule has 0 aromatic carbocycles. The first-order chi connectivity index (χ1) is 11.4. The van der Waals surface area contributed by atoms with Gasteiger partial charge in [-0.3, -0.25) is 9.59 Å². The van der Waals surface area contributed by atoms with E-state index in [-0.39, 0.29) is 22.5 Å². The molecule has 4 atom stereocenters. The molecule has 122 valence electrons. The van der Waals surface area contributed by atoms with Crippen LogP contribution in [0.1, 0.15) is 39.5 Å². The zero-order chi connectivity index (χ0) is 17.1. The normalized spacial score (nSPS) is 40.0. The Morgan fingerprint density at radius 3 is 2.92 bits per heavy atom. The third-order valence-corrected chi connectivity index (χ3v) is 6.73. The summed E-state index contributed by atoms with van der Waals surface area (Å²) in [4.78, 5) is 24.4. The molecule has 2 heteroatoms. The van der Waals surface area contributed by atoms with Crippen LogP contribution in [-0.4, -0.2) is 11.6 Å². The fourth-order valence-corrected chi connectivity index (χ4v) is 5.43. The summed E-state index contributed by atoms with van der Waals surface area (Å²) in [5, 5.41) is 0. The largest absolute Gasteiger partial charge is 0.299 e. The van der Waals surface area contributed by atoms with Gasteiger partial charge in [-0.25, -0.2) is 0 Å². The molecule has 2 nitrogen and oxygen atoms in total. The number of ketones is 2. The van der Waals surface area contributed by atoms with E-state index < -0.39 is 0 Å². The Kier molecular flexibility index (Phi) is 3.16. The van der Waals surface area contributed by atoms with E-state index in [0.717, 1.165) is 24.0 Å². The van der Waals surface area contributed by atoms with Crippen molar-refractivity contribution in [3.63, 3.8) is 0 Å². The van der Waals surface area contributed by atoms with E-state index in [4.69, 9.17) is 6.42 Å². The number of allylic oxidation sites excluding steroid dienone is 8. The van der Waals surface area contributed by atoms with E-state index in [1.54, 1.807) is 12.2 Å². The van der Waals surface area contributed by atoms with Crippen molar-refractivity contribution in [3.8, 4) is 12.3 Å². The zero-order valence-electron chi connectivity index (χ0n) is 14.3. The third kappa shape index (κ3) is 1.79. The Morgan fingerprint density at radius 1 is 1.38 bits per heavy atom. The van der Waals surface area contributed by atoms with Gasteiger partial charge in [0.25, 0.3) is 0 Å². The molecule has 4 aliphatic rings. The van der Waals surface area contributed by atoms with Crippen molar-refractivity contribution in [2.24, 2.45) is 22.7 Å². The molecule has 0 aromatic heterocycles. The zero-order valence-corrected chi connectivity index (χ0v) is 14.3. The van der Waals surface area contributed by atoms with Gasteiger partial charge in [0.15, 0.2) is 5.78 Å². The second kappa shape index (κ2) is 4.93. The maximum Gasteiger partial charge on any atom is 0.178 e. The van der Waals surface area contributed by atoms with E-state index in [1.807, 2.05) is 6.08 Å². The van der Waals surface area contributed by atoms with Crippen molar-refractivity contribution >= 4 is 11.6 Å². The van der Waals surface area contributed by atoms with Gasteiger partial charge in [-0.1, -0.05) is 30.7 Å². The first-order valence-corrected chi connectivity index (χ1v) is 8.74. The van der Waals surface area contributed by atoms with E-state index in [1.165, 1.54) is 5.57 Å². The predicted octanol–water partition coefficient (Wildman–Crippen LogP) is 3.95. The summed E-state index contributed by atoms with van der Waals surface area (Å²) in [6, 6.07) is 0. The summed E-state index contributed by atoms with van der Waals surface area (Å²) in [6.45, 7) is 4.20. The van der Waals surface area contributed by atoms with Crippen molar-refractivity contribution in [2.75, 3.05) is 0 Å². The van der Waals surface area contributed by atoms with Gasteiger partial charge < -0.3 is 0 Å². The van der Waals surface area contributed by atoms with Crippen molar-refractivity contribution in [1.29, 1.82) is 0 Å². The average Bonchev–Trinajstić information content (AvgIpc) is 2.85. The predicted molar refractivity (Wildman–Crippen MR) is 93.9 cm³/mol. The highest BCUT2D eigenvalue weighted by molar-refractivity contribution is 6.02. The minimum Gasteiger partial charge on any atom is -0.299 e. The molecule has 0 amide bonds. The van der Waals surface area contributed by atoms with Crippen LogP contribution in [0.5, 0.6) is 0 Å². The van der Waals surface area contributed by atoms with Gasteiger partial charge in [-0.05, 0) is 49.0 Å². The number of hydrogen-bond donors (Lipinski definition) is 0. The molecule has 1 fully saturated rings. The third-order valence-electron chi connectivity index (χ3n) is 6.73. The van der Waals surface area contributed by atoms with Crippen LogP contribution in [0, 0.1) is 35.0 Å². The lowest BCUT2D eigenvalue weighted by molar-refractivity contribution is -0.126. The highest BCUT2D eigenvalue weighted by Crippen LogP contribution is 2.61. The number of Topliss-reactive ketones (excluding diaryl/α,β-unsaturated/α-hetero) is 1. The molecule has 0 saturated heterocycles. The van der Waals surface area contributed by atoms with E-state index >= 15 is 0 Å². The molecule has 0 heterocycles.